The van der Waals surface area contributed by atoms with Crippen molar-refractivity contribution in [3.63, 3.8) is 0 Å². The van der Waals surface area contributed by atoms with Crippen molar-refractivity contribution in [3.8, 4) is 0 Å². The van der Waals surface area contributed by atoms with Crippen LogP contribution < -0.4 is 4.90 Å². The van der Waals surface area contributed by atoms with Crippen LogP contribution in [0.3, 0.4) is 0 Å². The number of hydrogen-bond acceptors (Lipinski definition) is 1. The molecule has 3 rings (SSSR count). The molecule has 1 heterocycles. The molecule has 0 aromatic heterocycles. The molecule has 0 bridgehead atoms. The molecule has 2 aliphatic rings. The zero-order chi connectivity index (χ0) is 11.2. The van der Waals surface area contributed by atoms with Crippen molar-refractivity contribution in [1.29, 1.82) is 0 Å². The predicted octanol–water partition coefficient (Wildman–Crippen LogP) is 4.14. The van der Waals surface area contributed by atoms with Crippen LogP contribution in [0.15, 0.2) is 22.7 Å². The van der Waals surface area contributed by atoms with Crippen molar-refractivity contribution in [3.05, 3.63) is 28.2 Å². The molecule has 86 valence electrons. The van der Waals surface area contributed by atoms with Gasteiger partial charge in [-0.2, -0.15) is 0 Å². The standard InChI is InChI=1S/C14H18BrN/c1-11-4-5-12(15)8-13(11)16-9-14(10-16)6-2-3-7-14/h4-5,8H,2-3,6-7,9-10H2,1H3. The summed E-state index contributed by atoms with van der Waals surface area (Å²) in [6.45, 7) is 4.77. The van der Waals surface area contributed by atoms with E-state index in [0.717, 1.165) is 0 Å². The Hall–Kier alpha value is -0.500. The molecule has 1 aromatic rings. The maximum atomic E-state index is 3.57. The third-order valence-corrected chi connectivity index (χ3v) is 4.72. The third-order valence-electron chi connectivity index (χ3n) is 4.23. The van der Waals surface area contributed by atoms with Gasteiger partial charge in [0.25, 0.3) is 0 Å². The van der Waals surface area contributed by atoms with Crippen LogP contribution in [0.4, 0.5) is 5.69 Å². The molecule has 1 saturated carbocycles. The Morgan fingerprint density at radius 1 is 1.19 bits per heavy atom. The van der Waals surface area contributed by atoms with E-state index in [4.69, 9.17) is 0 Å². The molecular formula is C14H18BrN. The van der Waals surface area contributed by atoms with Crippen molar-refractivity contribution < 1.29 is 0 Å². The van der Waals surface area contributed by atoms with Crippen LogP contribution in [0.1, 0.15) is 31.2 Å². The summed E-state index contributed by atoms with van der Waals surface area (Å²) in [4.78, 5) is 2.55. The van der Waals surface area contributed by atoms with Crippen LogP contribution >= 0.6 is 15.9 Å². The number of rotatable bonds is 1. The van der Waals surface area contributed by atoms with E-state index in [1.54, 1.807) is 0 Å². The summed E-state index contributed by atoms with van der Waals surface area (Å²) < 4.78 is 1.19. The highest BCUT2D eigenvalue weighted by atomic mass is 79.9. The van der Waals surface area contributed by atoms with E-state index in [-0.39, 0.29) is 0 Å². The summed E-state index contributed by atoms with van der Waals surface area (Å²) in [6, 6.07) is 6.60. The zero-order valence-electron chi connectivity index (χ0n) is 9.80. The number of halogens is 1. The quantitative estimate of drug-likeness (QED) is 0.747. The molecule has 0 atom stereocenters. The third kappa shape index (κ3) is 1.67. The first-order valence-electron chi connectivity index (χ1n) is 6.20. The van der Waals surface area contributed by atoms with Crippen LogP contribution in [-0.4, -0.2) is 13.1 Å². The molecule has 16 heavy (non-hydrogen) atoms. The fourth-order valence-electron chi connectivity index (χ4n) is 3.30. The Kier molecular flexibility index (Phi) is 2.50. The summed E-state index contributed by atoms with van der Waals surface area (Å²) in [5.41, 5.74) is 3.51. The van der Waals surface area contributed by atoms with Crippen LogP contribution in [0.25, 0.3) is 0 Å². The van der Waals surface area contributed by atoms with Crippen LogP contribution in [0.5, 0.6) is 0 Å². The SMILES string of the molecule is Cc1ccc(Br)cc1N1CC2(CCCC2)C1. The summed E-state index contributed by atoms with van der Waals surface area (Å²) in [5, 5.41) is 0. The minimum Gasteiger partial charge on any atom is -0.370 e. The molecule has 1 aliphatic carbocycles. The van der Waals surface area contributed by atoms with Crippen molar-refractivity contribution >= 4 is 21.6 Å². The van der Waals surface area contributed by atoms with Gasteiger partial charge in [0, 0.05) is 28.7 Å². The average Bonchev–Trinajstić information content (AvgIpc) is 2.68. The Morgan fingerprint density at radius 2 is 1.88 bits per heavy atom. The Labute approximate surface area is 106 Å². The Balaban J connectivity index is 1.78. The van der Waals surface area contributed by atoms with Gasteiger partial charge >= 0.3 is 0 Å². The van der Waals surface area contributed by atoms with Gasteiger partial charge in [0.2, 0.25) is 0 Å². The van der Waals surface area contributed by atoms with E-state index in [2.05, 4.69) is 46.0 Å². The minimum atomic E-state index is 0.689. The van der Waals surface area contributed by atoms with Gasteiger partial charge in [-0.1, -0.05) is 34.8 Å². The van der Waals surface area contributed by atoms with Gasteiger partial charge in [-0.05, 0) is 37.5 Å². The number of anilines is 1. The van der Waals surface area contributed by atoms with Crippen molar-refractivity contribution in [2.45, 2.75) is 32.6 Å². The second kappa shape index (κ2) is 3.76. The second-order valence-corrected chi connectivity index (χ2v) is 6.41. The lowest BCUT2D eigenvalue weighted by atomic mass is 9.78. The highest BCUT2D eigenvalue weighted by Gasteiger charge is 2.44. The molecular weight excluding hydrogens is 262 g/mol. The van der Waals surface area contributed by atoms with E-state index in [0.29, 0.717) is 5.41 Å². The molecule has 2 heteroatoms. The lowest BCUT2D eigenvalue weighted by Crippen LogP contribution is -2.55. The van der Waals surface area contributed by atoms with E-state index in [9.17, 15) is 0 Å². The number of nitrogens with zero attached hydrogens (tertiary/aromatic N) is 1. The van der Waals surface area contributed by atoms with Gasteiger partial charge in [-0.25, -0.2) is 0 Å². The summed E-state index contributed by atoms with van der Waals surface area (Å²) in [6.07, 6.45) is 5.81. The largest absolute Gasteiger partial charge is 0.370 e. The molecule has 1 spiro atoms. The lowest BCUT2D eigenvalue weighted by Gasteiger charge is -2.50. The monoisotopic (exact) mass is 279 g/mol. The summed E-state index contributed by atoms with van der Waals surface area (Å²) in [5.74, 6) is 0. The minimum absolute atomic E-state index is 0.689. The van der Waals surface area contributed by atoms with Crippen molar-refractivity contribution in [2.75, 3.05) is 18.0 Å². The van der Waals surface area contributed by atoms with Gasteiger partial charge in [0.05, 0.1) is 0 Å². The van der Waals surface area contributed by atoms with Gasteiger partial charge in [0.15, 0.2) is 0 Å². The predicted molar refractivity (Wildman–Crippen MR) is 72.0 cm³/mol. The number of hydrogen-bond donors (Lipinski definition) is 0. The average molecular weight is 280 g/mol. The Morgan fingerprint density at radius 3 is 2.56 bits per heavy atom. The molecule has 0 N–H and O–H groups in total. The fourth-order valence-corrected chi connectivity index (χ4v) is 3.65. The van der Waals surface area contributed by atoms with Gasteiger partial charge < -0.3 is 4.90 Å². The van der Waals surface area contributed by atoms with Crippen molar-refractivity contribution in [1.82, 2.24) is 0 Å². The van der Waals surface area contributed by atoms with E-state index >= 15 is 0 Å². The normalized spacial score (nSPS) is 22.5. The number of benzene rings is 1. The summed E-state index contributed by atoms with van der Waals surface area (Å²) in [7, 11) is 0. The molecule has 0 radical (unpaired) electrons. The first-order valence-corrected chi connectivity index (χ1v) is 6.99. The zero-order valence-corrected chi connectivity index (χ0v) is 11.4. The maximum Gasteiger partial charge on any atom is 0.0407 e. The first-order chi connectivity index (χ1) is 7.69. The summed E-state index contributed by atoms with van der Waals surface area (Å²) >= 11 is 3.57. The number of aryl methyl sites for hydroxylation is 1. The Bertz CT molecular complexity index is 399. The van der Waals surface area contributed by atoms with E-state index in [1.807, 2.05) is 0 Å². The van der Waals surface area contributed by atoms with Crippen LogP contribution in [0, 0.1) is 12.3 Å². The van der Waals surface area contributed by atoms with Crippen molar-refractivity contribution in [2.24, 2.45) is 5.41 Å². The molecule has 0 unspecified atom stereocenters. The van der Waals surface area contributed by atoms with E-state index in [1.165, 1.54) is 54.5 Å². The van der Waals surface area contributed by atoms with E-state index < -0.39 is 0 Å². The highest BCUT2D eigenvalue weighted by Crippen LogP contribution is 2.47. The highest BCUT2D eigenvalue weighted by molar-refractivity contribution is 9.10. The lowest BCUT2D eigenvalue weighted by molar-refractivity contribution is 0.221. The maximum absolute atomic E-state index is 3.57. The van der Waals surface area contributed by atoms with Crippen LogP contribution in [-0.2, 0) is 0 Å². The molecule has 1 nitrogen and oxygen atoms in total. The first kappa shape index (κ1) is 10.6. The second-order valence-electron chi connectivity index (χ2n) is 5.49. The fraction of sp³-hybridized carbons (Fsp3) is 0.571. The molecule has 1 aromatic carbocycles. The molecule has 2 fully saturated rings. The van der Waals surface area contributed by atoms with Gasteiger partial charge in [-0.15, -0.1) is 0 Å². The van der Waals surface area contributed by atoms with Gasteiger partial charge in [-0.3, -0.25) is 0 Å². The van der Waals surface area contributed by atoms with Gasteiger partial charge in [0.1, 0.15) is 0 Å². The smallest absolute Gasteiger partial charge is 0.0407 e. The molecule has 0 amide bonds. The molecule has 1 saturated heterocycles. The van der Waals surface area contributed by atoms with Crippen LogP contribution in [0.2, 0.25) is 0 Å². The topological polar surface area (TPSA) is 3.24 Å². The molecule has 1 aliphatic heterocycles.